The molecule has 2 rings (SSSR count). The third-order valence-electron chi connectivity index (χ3n) is 2.45. The van der Waals surface area contributed by atoms with E-state index in [0.29, 0.717) is 6.07 Å². The highest BCUT2D eigenvalue weighted by molar-refractivity contribution is 5.89. The number of hydrogen-bond acceptors (Lipinski definition) is 3. The average molecular weight is 302 g/mol. The van der Waals surface area contributed by atoms with Gasteiger partial charge in [0.05, 0.1) is 11.3 Å². The first-order chi connectivity index (χ1) is 9.66. The molecule has 0 aliphatic rings. The van der Waals surface area contributed by atoms with Gasteiger partial charge in [-0.25, -0.2) is 14.2 Å². The van der Waals surface area contributed by atoms with Crippen LogP contribution in [-0.4, -0.2) is 21.0 Å². The largest absolute Gasteiger partial charge is 0.478 e. The molecule has 9 heteroatoms. The maximum Gasteiger partial charge on any atom is 0.449 e. The number of aromatic nitrogens is 2. The van der Waals surface area contributed by atoms with Crippen LogP contribution >= 0.6 is 0 Å². The summed E-state index contributed by atoms with van der Waals surface area (Å²) in [6.07, 6.45) is -4.89. The Labute approximate surface area is 113 Å². The summed E-state index contributed by atoms with van der Waals surface area (Å²) in [6.45, 7) is 0. The second-order valence-corrected chi connectivity index (χ2v) is 4.01. The van der Waals surface area contributed by atoms with E-state index in [4.69, 9.17) is 5.11 Å². The molecule has 0 radical (unpaired) electrons. The smallest absolute Gasteiger partial charge is 0.449 e. The summed E-state index contributed by atoms with van der Waals surface area (Å²) < 4.78 is 51.0. The summed E-state index contributed by atoms with van der Waals surface area (Å²) >= 11 is 0. The van der Waals surface area contributed by atoms with Crippen molar-refractivity contribution in [1.29, 1.82) is 0 Å². The highest BCUT2D eigenvalue weighted by Crippen LogP contribution is 2.27. The first kappa shape index (κ1) is 14.7. The molecule has 2 aromatic rings. The molecule has 0 aliphatic carbocycles. The van der Waals surface area contributed by atoms with E-state index in [1.165, 1.54) is 4.98 Å². The van der Waals surface area contributed by atoms with E-state index >= 15 is 0 Å². The minimum atomic E-state index is -4.89. The molecule has 0 amide bonds. The zero-order chi connectivity index (χ0) is 15.8. The number of rotatable bonds is 2. The van der Waals surface area contributed by atoms with E-state index in [2.05, 4.69) is 4.98 Å². The molecular weight excluding hydrogens is 296 g/mol. The normalized spacial score (nSPS) is 11.4. The van der Waals surface area contributed by atoms with Gasteiger partial charge in [0.15, 0.2) is 0 Å². The second kappa shape index (κ2) is 5.00. The van der Waals surface area contributed by atoms with Gasteiger partial charge in [0.1, 0.15) is 5.82 Å². The monoisotopic (exact) mass is 302 g/mol. The van der Waals surface area contributed by atoms with Crippen molar-refractivity contribution in [2.45, 2.75) is 6.18 Å². The van der Waals surface area contributed by atoms with E-state index in [9.17, 15) is 27.2 Å². The molecule has 2 N–H and O–H groups in total. The molecule has 0 aliphatic heterocycles. The maximum absolute atomic E-state index is 13.3. The Balaban J connectivity index is 2.65. The number of carboxylic acids is 1. The predicted molar refractivity (Wildman–Crippen MR) is 62.2 cm³/mol. The minimum Gasteiger partial charge on any atom is -0.478 e. The Morgan fingerprint density at radius 1 is 1.19 bits per heavy atom. The van der Waals surface area contributed by atoms with E-state index < -0.39 is 40.6 Å². The van der Waals surface area contributed by atoms with Crippen LogP contribution in [0.2, 0.25) is 0 Å². The number of alkyl halides is 3. The van der Waals surface area contributed by atoms with Crippen molar-refractivity contribution in [1.82, 2.24) is 9.97 Å². The summed E-state index contributed by atoms with van der Waals surface area (Å²) in [5, 5.41) is 8.78. The van der Waals surface area contributed by atoms with Crippen LogP contribution in [0.4, 0.5) is 17.6 Å². The molecular formula is C12H6F4N2O3. The third kappa shape index (κ3) is 3.25. The fraction of sp³-hybridized carbons (Fsp3) is 0.0833. The first-order valence-corrected chi connectivity index (χ1v) is 5.39. The standard InChI is InChI=1S/C12H6F4N2O3/c13-7-2-5(1-6(3-7)10(20)21)8-4-9(19)18-11(17-8)12(14,15)16/h1-4H,(H,20,21)(H,17,18,19). The lowest BCUT2D eigenvalue weighted by molar-refractivity contribution is -0.145. The maximum atomic E-state index is 13.3. The lowest BCUT2D eigenvalue weighted by Crippen LogP contribution is -2.18. The number of aromatic carboxylic acids is 1. The van der Waals surface area contributed by atoms with E-state index in [0.717, 1.165) is 18.2 Å². The quantitative estimate of drug-likeness (QED) is 0.834. The van der Waals surface area contributed by atoms with Gasteiger partial charge >= 0.3 is 12.1 Å². The Kier molecular flexibility index (Phi) is 3.50. The summed E-state index contributed by atoms with van der Waals surface area (Å²) in [6, 6.07) is 3.13. The minimum absolute atomic E-state index is 0.246. The molecule has 0 atom stereocenters. The van der Waals surface area contributed by atoms with Crippen LogP contribution in [0.1, 0.15) is 16.2 Å². The van der Waals surface area contributed by atoms with Crippen LogP contribution in [-0.2, 0) is 6.18 Å². The molecule has 110 valence electrons. The number of H-pyrrole nitrogens is 1. The van der Waals surface area contributed by atoms with Gasteiger partial charge in [0.2, 0.25) is 5.82 Å². The highest BCUT2D eigenvalue weighted by Gasteiger charge is 2.34. The van der Waals surface area contributed by atoms with Crippen LogP contribution in [0.15, 0.2) is 29.1 Å². The van der Waals surface area contributed by atoms with E-state index in [1.54, 1.807) is 0 Å². The number of nitrogens with zero attached hydrogens (tertiary/aromatic N) is 1. The first-order valence-electron chi connectivity index (χ1n) is 5.39. The van der Waals surface area contributed by atoms with Gasteiger partial charge in [-0.15, -0.1) is 0 Å². The lowest BCUT2D eigenvalue weighted by atomic mass is 10.1. The number of hydrogen-bond donors (Lipinski definition) is 2. The summed E-state index contributed by atoms with van der Waals surface area (Å²) in [7, 11) is 0. The fourth-order valence-corrected chi connectivity index (χ4v) is 1.60. The van der Waals surface area contributed by atoms with Gasteiger partial charge in [0.25, 0.3) is 5.56 Å². The Morgan fingerprint density at radius 3 is 2.43 bits per heavy atom. The molecule has 0 saturated carbocycles. The molecule has 0 fully saturated rings. The molecule has 0 spiro atoms. The number of nitrogens with one attached hydrogen (secondary N) is 1. The molecule has 21 heavy (non-hydrogen) atoms. The molecule has 1 heterocycles. The number of carbonyl (C=O) groups is 1. The summed E-state index contributed by atoms with van der Waals surface area (Å²) in [4.78, 5) is 26.7. The zero-order valence-corrected chi connectivity index (χ0v) is 10.0. The van der Waals surface area contributed by atoms with Crippen molar-refractivity contribution >= 4 is 5.97 Å². The molecule has 1 aromatic carbocycles. The van der Waals surface area contributed by atoms with Gasteiger partial charge < -0.3 is 10.1 Å². The number of benzene rings is 1. The average Bonchev–Trinajstić information content (AvgIpc) is 2.36. The SMILES string of the molecule is O=C(O)c1cc(F)cc(-c2cc(=O)[nH]c(C(F)(F)F)n2)c1. The molecule has 0 unspecified atom stereocenters. The van der Waals surface area contributed by atoms with Gasteiger partial charge in [-0.2, -0.15) is 13.2 Å². The molecule has 5 nitrogen and oxygen atoms in total. The molecule has 1 aromatic heterocycles. The van der Waals surface area contributed by atoms with Crippen LogP contribution in [0.25, 0.3) is 11.3 Å². The number of carboxylic acid groups (broad SMARTS) is 1. The van der Waals surface area contributed by atoms with Gasteiger partial charge in [-0.05, 0) is 18.2 Å². The summed E-state index contributed by atoms with van der Waals surface area (Å²) in [5.74, 6) is -3.98. The topological polar surface area (TPSA) is 83.0 Å². The van der Waals surface area contributed by atoms with Crippen molar-refractivity contribution in [2.24, 2.45) is 0 Å². The lowest BCUT2D eigenvalue weighted by Gasteiger charge is -2.08. The Bertz CT molecular complexity index is 768. The van der Waals surface area contributed by atoms with Crippen molar-refractivity contribution < 1.29 is 27.5 Å². The zero-order valence-electron chi connectivity index (χ0n) is 10.0. The molecule has 0 bridgehead atoms. The van der Waals surface area contributed by atoms with Crippen molar-refractivity contribution in [3.8, 4) is 11.3 Å². The number of aromatic amines is 1. The molecule has 0 saturated heterocycles. The van der Waals surface area contributed by atoms with Crippen LogP contribution in [0.3, 0.4) is 0 Å². The summed E-state index contributed by atoms with van der Waals surface area (Å²) in [5.41, 5.74) is -2.29. The fourth-order valence-electron chi connectivity index (χ4n) is 1.60. The third-order valence-corrected chi connectivity index (χ3v) is 2.45. The predicted octanol–water partition coefficient (Wildman–Crippen LogP) is 2.29. The van der Waals surface area contributed by atoms with Crippen molar-refractivity contribution in [3.05, 3.63) is 51.8 Å². The number of halogens is 4. The highest BCUT2D eigenvalue weighted by atomic mass is 19.4. The van der Waals surface area contributed by atoms with Gasteiger partial charge in [0, 0.05) is 11.6 Å². The van der Waals surface area contributed by atoms with Crippen LogP contribution < -0.4 is 5.56 Å². The van der Waals surface area contributed by atoms with Crippen molar-refractivity contribution in [2.75, 3.05) is 0 Å². The Hall–Kier alpha value is -2.71. The Morgan fingerprint density at radius 2 is 1.86 bits per heavy atom. The van der Waals surface area contributed by atoms with Gasteiger partial charge in [-0.3, -0.25) is 4.79 Å². The second-order valence-electron chi connectivity index (χ2n) is 4.01. The van der Waals surface area contributed by atoms with Crippen LogP contribution in [0.5, 0.6) is 0 Å². The van der Waals surface area contributed by atoms with Gasteiger partial charge in [-0.1, -0.05) is 0 Å². The van der Waals surface area contributed by atoms with E-state index in [-0.39, 0.29) is 5.56 Å². The van der Waals surface area contributed by atoms with Crippen molar-refractivity contribution in [3.63, 3.8) is 0 Å². The van der Waals surface area contributed by atoms with E-state index in [1.807, 2.05) is 0 Å². The van der Waals surface area contributed by atoms with Crippen LogP contribution in [0, 0.1) is 5.82 Å².